The normalized spacial score (nSPS) is 15.7. The van der Waals surface area contributed by atoms with E-state index in [9.17, 15) is 0 Å². The molecule has 1 aliphatic carbocycles. The number of nitrogens with one attached hydrogen (secondary N) is 1. The van der Waals surface area contributed by atoms with Crippen LogP contribution in [0.5, 0.6) is 5.88 Å². The Morgan fingerprint density at radius 3 is 2.68 bits per heavy atom. The molecule has 19 heavy (non-hydrogen) atoms. The molecule has 0 aliphatic heterocycles. The second-order valence-corrected chi connectivity index (χ2v) is 4.70. The zero-order valence-electron chi connectivity index (χ0n) is 11.6. The van der Waals surface area contributed by atoms with Gasteiger partial charge in [0.05, 0.1) is 6.61 Å². The first kappa shape index (κ1) is 13.9. The van der Waals surface area contributed by atoms with Gasteiger partial charge in [0.25, 0.3) is 0 Å². The van der Waals surface area contributed by atoms with Gasteiger partial charge in [-0.2, -0.15) is 4.98 Å². The summed E-state index contributed by atoms with van der Waals surface area (Å²) in [4.78, 5) is 8.68. The molecule has 6 heteroatoms. The summed E-state index contributed by atoms with van der Waals surface area (Å²) in [5.74, 6) is 1.68. The highest BCUT2D eigenvalue weighted by molar-refractivity contribution is 5.67. The molecule has 0 unspecified atom stereocenters. The Bertz CT molecular complexity index is 419. The smallest absolute Gasteiger partial charge is 0.242 e. The van der Waals surface area contributed by atoms with E-state index in [0.717, 1.165) is 12.8 Å². The summed E-state index contributed by atoms with van der Waals surface area (Å²) in [6, 6.07) is 0.446. The fourth-order valence-electron chi connectivity index (χ4n) is 2.31. The van der Waals surface area contributed by atoms with Gasteiger partial charge < -0.3 is 20.5 Å². The van der Waals surface area contributed by atoms with Gasteiger partial charge >= 0.3 is 0 Å². The summed E-state index contributed by atoms with van der Waals surface area (Å²) in [5.41, 5.74) is 6.54. The highest BCUT2D eigenvalue weighted by Gasteiger charge is 2.19. The Morgan fingerprint density at radius 2 is 2.05 bits per heavy atom. The van der Waals surface area contributed by atoms with Gasteiger partial charge in [-0.1, -0.05) is 12.8 Å². The number of nitrogens with two attached hydrogens (primary N) is 1. The van der Waals surface area contributed by atoms with Crippen LogP contribution in [0.1, 0.15) is 38.4 Å². The molecule has 0 amide bonds. The van der Waals surface area contributed by atoms with E-state index in [2.05, 4.69) is 15.3 Å². The number of nitrogen functional groups attached to an aromatic ring is 1. The molecule has 6 nitrogen and oxygen atoms in total. The first-order valence-corrected chi connectivity index (χ1v) is 6.79. The molecule has 1 fully saturated rings. The van der Waals surface area contributed by atoms with Gasteiger partial charge in [0, 0.05) is 13.2 Å². The number of methoxy groups -OCH3 is 1. The SMILES string of the molecule is CCOc1nc(COC)nc(NC2CCCC2)c1N. The lowest BCUT2D eigenvalue weighted by Crippen LogP contribution is -2.18. The third-order valence-corrected chi connectivity index (χ3v) is 3.21. The highest BCUT2D eigenvalue weighted by Crippen LogP contribution is 2.29. The molecule has 0 atom stereocenters. The van der Waals surface area contributed by atoms with Crippen LogP contribution >= 0.6 is 0 Å². The summed E-state index contributed by atoms with van der Waals surface area (Å²) >= 11 is 0. The number of rotatable bonds is 6. The summed E-state index contributed by atoms with van der Waals surface area (Å²) in [6.45, 7) is 2.78. The van der Waals surface area contributed by atoms with Crippen LogP contribution in [-0.4, -0.2) is 29.7 Å². The molecule has 1 aliphatic rings. The van der Waals surface area contributed by atoms with Crippen molar-refractivity contribution >= 4 is 11.5 Å². The molecule has 1 aromatic rings. The van der Waals surface area contributed by atoms with Crippen molar-refractivity contribution in [3.8, 4) is 5.88 Å². The first-order valence-electron chi connectivity index (χ1n) is 6.79. The van der Waals surface area contributed by atoms with Crippen molar-refractivity contribution in [2.75, 3.05) is 24.8 Å². The van der Waals surface area contributed by atoms with Crippen LogP contribution < -0.4 is 15.8 Å². The molecule has 1 heterocycles. The van der Waals surface area contributed by atoms with Crippen LogP contribution in [0.15, 0.2) is 0 Å². The van der Waals surface area contributed by atoms with Crippen LogP contribution in [0.4, 0.5) is 11.5 Å². The maximum atomic E-state index is 6.06. The third-order valence-electron chi connectivity index (χ3n) is 3.21. The average molecular weight is 266 g/mol. The third kappa shape index (κ3) is 3.47. The second-order valence-electron chi connectivity index (χ2n) is 4.70. The molecule has 0 bridgehead atoms. The van der Waals surface area contributed by atoms with Gasteiger partial charge in [0.2, 0.25) is 5.88 Å². The molecule has 0 radical (unpaired) electrons. The second kappa shape index (κ2) is 6.56. The Balaban J connectivity index is 2.22. The molecule has 106 valence electrons. The van der Waals surface area contributed by atoms with Crippen LogP contribution in [0.2, 0.25) is 0 Å². The van der Waals surface area contributed by atoms with E-state index < -0.39 is 0 Å². The highest BCUT2D eigenvalue weighted by atomic mass is 16.5. The van der Waals surface area contributed by atoms with Crippen LogP contribution in [0.3, 0.4) is 0 Å². The zero-order valence-corrected chi connectivity index (χ0v) is 11.6. The molecular formula is C13H22N4O2. The van der Waals surface area contributed by atoms with E-state index in [1.54, 1.807) is 7.11 Å². The van der Waals surface area contributed by atoms with Crippen molar-refractivity contribution < 1.29 is 9.47 Å². The lowest BCUT2D eigenvalue weighted by Gasteiger charge is -2.17. The number of aromatic nitrogens is 2. The van der Waals surface area contributed by atoms with Crippen molar-refractivity contribution in [3.63, 3.8) is 0 Å². The van der Waals surface area contributed by atoms with Gasteiger partial charge in [-0.3, -0.25) is 0 Å². The predicted molar refractivity (Wildman–Crippen MR) is 74.2 cm³/mol. The Hall–Kier alpha value is -1.56. The minimum Gasteiger partial charge on any atom is -0.476 e. The summed E-state index contributed by atoms with van der Waals surface area (Å²) in [7, 11) is 1.62. The Labute approximate surface area is 113 Å². The Morgan fingerprint density at radius 1 is 1.32 bits per heavy atom. The number of hydrogen-bond donors (Lipinski definition) is 2. The zero-order chi connectivity index (χ0) is 13.7. The number of hydrogen-bond acceptors (Lipinski definition) is 6. The number of ether oxygens (including phenoxy) is 2. The minimum atomic E-state index is 0.347. The maximum absolute atomic E-state index is 6.06. The molecule has 0 aromatic carbocycles. The number of nitrogens with zero attached hydrogens (tertiary/aromatic N) is 2. The van der Waals surface area contributed by atoms with E-state index in [4.69, 9.17) is 15.2 Å². The van der Waals surface area contributed by atoms with Crippen molar-refractivity contribution in [1.29, 1.82) is 0 Å². The van der Waals surface area contributed by atoms with E-state index in [-0.39, 0.29) is 0 Å². The van der Waals surface area contributed by atoms with Crippen LogP contribution in [0, 0.1) is 0 Å². The van der Waals surface area contributed by atoms with Gasteiger partial charge in [-0.05, 0) is 19.8 Å². The predicted octanol–water partition coefficient (Wildman–Crippen LogP) is 1.96. The average Bonchev–Trinajstić information content (AvgIpc) is 2.88. The summed E-state index contributed by atoms with van der Waals surface area (Å²) in [5, 5.41) is 3.40. The van der Waals surface area contributed by atoms with Gasteiger partial charge in [-0.15, -0.1) is 0 Å². The van der Waals surface area contributed by atoms with Crippen molar-refractivity contribution in [2.24, 2.45) is 0 Å². The lowest BCUT2D eigenvalue weighted by atomic mass is 10.2. The standard InChI is InChI=1S/C13H22N4O2/c1-3-19-13-11(14)12(15-9-6-4-5-7-9)16-10(17-13)8-18-2/h9H,3-8,14H2,1-2H3,(H,15,16,17). The van der Waals surface area contributed by atoms with Crippen LogP contribution in [0.25, 0.3) is 0 Å². The van der Waals surface area contributed by atoms with Gasteiger partial charge in [0.1, 0.15) is 12.3 Å². The summed E-state index contributed by atoms with van der Waals surface area (Å²) < 4.78 is 10.5. The molecular weight excluding hydrogens is 244 g/mol. The van der Waals surface area contributed by atoms with Crippen molar-refractivity contribution in [3.05, 3.63) is 5.82 Å². The largest absolute Gasteiger partial charge is 0.476 e. The van der Waals surface area contributed by atoms with E-state index in [1.165, 1.54) is 12.8 Å². The van der Waals surface area contributed by atoms with Gasteiger partial charge in [-0.25, -0.2) is 4.98 Å². The quantitative estimate of drug-likeness (QED) is 0.819. The van der Waals surface area contributed by atoms with Crippen LogP contribution in [-0.2, 0) is 11.3 Å². The first-order chi connectivity index (χ1) is 9.24. The van der Waals surface area contributed by atoms with E-state index >= 15 is 0 Å². The maximum Gasteiger partial charge on any atom is 0.242 e. The van der Waals surface area contributed by atoms with Crippen molar-refractivity contribution in [1.82, 2.24) is 9.97 Å². The van der Waals surface area contributed by atoms with E-state index in [1.807, 2.05) is 6.92 Å². The molecule has 3 N–H and O–H groups in total. The monoisotopic (exact) mass is 266 g/mol. The number of anilines is 2. The fraction of sp³-hybridized carbons (Fsp3) is 0.692. The molecule has 2 rings (SSSR count). The fourth-order valence-corrected chi connectivity index (χ4v) is 2.31. The minimum absolute atomic E-state index is 0.347. The molecule has 1 aromatic heterocycles. The Kier molecular flexibility index (Phi) is 4.79. The van der Waals surface area contributed by atoms with Gasteiger partial charge in [0.15, 0.2) is 11.6 Å². The lowest BCUT2D eigenvalue weighted by molar-refractivity contribution is 0.176. The van der Waals surface area contributed by atoms with E-state index in [0.29, 0.717) is 42.5 Å². The molecule has 0 spiro atoms. The molecule has 1 saturated carbocycles. The molecule has 0 saturated heterocycles. The van der Waals surface area contributed by atoms with Crippen molar-refractivity contribution in [2.45, 2.75) is 45.3 Å². The topological polar surface area (TPSA) is 82.3 Å². The summed E-state index contributed by atoms with van der Waals surface area (Å²) in [6.07, 6.45) is 4.83.